The summed E-state index contributed by atoms with van der Waals surface area (Å²) < 4.78 is 18.3. The van der Waals surface area contributed by atoms with E-state index in [2.05, 4.69) is 21.7 Å². The fraction of sp³-hybridized carbons (Fsp3) is 0.474. The summed E-state index contributed by atoms with van der Waals surface area (Å²) in [5.74, 6) is 1.00. The summed E-state index contributed by atoms with van der Waals surface area (Å²) in [4.78, 5) is 3.42. The summed E-state index contributed by atoms with van der Waals surface area (Å²) in [5, 5.41) is 4.36. The Bertz CT molecular complexity index is 630. The zero-order valence-electron chi connectivity index (χ0n) is 14.1. The van der Waals surface area contributed by atoms with Crippen molar-refractivity contribution in [2.75, 3.05) is 32.5 Å². The highest BCUT2D eigenvalue weighted by atomic mass is 32.2. The molecule has 3 nitrogen and oxygen atoms in total. The van der Waals surface area contributed by atoms with Crippen LogP contribution in [0.3, 0.4) is 0 Å². The maximum atomic E-state index is 12.7. The molecular weight excluding hydrogens is 338 g/mol. The van der Waals surface area contributed by atoms with Crippen LogP contribution in [0.4, 0.5) is 0 Å². The first kappa shape index (κ1) is 17.8. The topological polar surface area (TPSA) is 29.5 Å². The van der Waals surface area contributed by atoms with Crippen LogP contribution in [0.15, 0.2) is 52.1 Å². The number of nitrogens with zero attached hydrogens (tertiary/aromatic N) is 1. The van der Waals surface area contributed by atoms with E-state index in [-0.39, 0.29) is 6.10 Å². The van der Waals surface area contributed by atoms with Gasteiger partial charge in [0, 0.05) is 43.3 Å². The number of hydrogen-bond donors (Lipinski definition) is 0. The summed E-state index contributed by atoms with van der Waals surface area (Å²) in [5.41, 5.74) is 1.42. The molecule has 2 heterocycles. The van der Waals surface area contributed by atoms with Crippen LogP contribution in [-0.2, 0) is 22.0 Å². The van der Waals surface area contributed by atoms with Gasteiger partial charge in [-0.05, 0) is 47.4 Å². The lowest BCUT2D eigenvalue weighted by molar-refractivity contribution is 0.00241. The van der Waals surface area contributed by atoms with Crippen molar-refractivity contribution in [3.05, 3.63) is 52.7 Å². The van der Waals surface area contributed by atoms with Crippen molar-refractivity contribution < 1.29 is 8.95 Å². The van der Waals surface area contributed by atoms with Crippen LogP contribution in [0.5, 0.6) is 0 Å². The minimum Gasteiger partial charge on any atom is -0.381 e. The Hall–Kier alpha value is -1.01. The smallest absolute Gasteiger partial charge is 0.0632 e. The third-order valence-electron chi connectivity index (χ3n) is 4.72. The molecule has 0 saturated carbocycles. The van der Waals surface area contributed by atoms with Gasteiger partial charge in [-0.2, -0.15) is 11.3 Å². The molecule has 130 valence electrons. The highest BCUT2D eigenvalue weighted by Gasteiger charge is 2.30. The molecule has 0 aliphatic carbocycles. The lowest BCUT2D eigenvalue weighted by atomic mass is 9.96. The Labute approximate surface area is 151 Å². The molecule has 1 aromatic carbocycles. The van der Waals surface area contributed by atoms with Crippen LogP contribution in [0.2, 0.25) is 0 Å². The molecule has 0 bridgehead atoms. The predicted octanol–water partition coefficient (Wildman–Crippen LogP) is 3.44. The van der Waals surface area contributed by atoms with Crippen LogP contribution in [0, 0.1) is 5.92 Å². The van der Waals surface area contributed by atoms with Crippen molar-refractivity contribution >= 4 is 22.1 Å². The molecule has 0 N–H and O–H groups in total. The first-order valence-electron chi connectivity index (χ1n) is 8.46. The van der Waals surface area contributed by atoms with Gasteiger partial charge in [0.2, 0.25) is 0 Å². The third kappa shape index (κ3) is 4.76. The summed E-state index contributed by atoms with van der Waals surface area (Å²) in [6.45, 7) is 3.11. The summed E-state index contributed by atoms with van der Waals surface area (Å²) in [6, 6.07) is 12.0. The minimum absolute atomic E-state index is 0.218. The van der Waals surface area contributed by atoms with E-state index in [1.165, 1.54) is 5.56 Å². The molecule has 1 aromatic heterocycles. The van der Waals surface area contributed by atoms with Gasteiger partial charge in [0.15, 0.2) is 0 Å². The predicted molar refractivity (Wildman–Crippen MR) is 101 cm³/mol. The quantitative estimate of drug-likeness (QED) is 0.755. The van der Waals surface area contributed by atoms with Crippen LogP contribution in [0.25, 0.3) is 0 Å². The van der Waals surface area contributed by atoms with Crippen molar-refractivity contribution in [2.45, 2.75) is 23.8 Å². The largest absolute Gasteiger partial charge is 0.381 e. The molecule has 2 aromatic rings. The van der Waals surface area contributed by atoms with Crippen LogP contribution in [-0.4, -0.2) is 47.7 Å². The van der Waals surface area contributed by atoms with Gasteiger partial charge in [0.25, 0.3) is 0 Å². The second-order valence-corrected chi connectivity index (χ2v) is 8.61. The number of rotatable bonds is 7. The van der Waals surface area contributed by atoms with E-state index in [9.17, 15) is 4.21 Å². The number of likely N-dealkylation sites (tertiary alicyclic amines) is 1. The van der Waals surface area contributed by atoms with Crippen LogP contribution >= 0.6 is 11.3 Å². The Kier molecular flexibility index (Phi) is 6.60. The first-order chi connectivity index (χ1) is 11.8. The monoisotopic (exact) mass is 363 g/mol. The number of benzene rings is 1. The molecule has 0 radical (unpaired) electrons. The molecule has 3 atom stereocenters. The van der Waals surface area contributed by atoms with E-state index < -0.39 is 10.8 Å². The normalized spacial score (nSPS) is 23.2. The van der Waals surface area contributed by atoms with Crippen molar-refractivity contribution in [3.8, 4) is 0 Å². The van der Waals surface area contributed by atoms with E-state index in [1.807, 2.05) is 30.3 Å². The standard InChI is InChI=1S/C19H25NO2S2/c1-22-19-8-11-20(10-7-16-9-12-23-14-16)13-17(19)15-24(21)18-5-3-2-4-6-18/h2-6,9,12,14,17,19H,7-8,10-11,13,15H2,1H3. The SMILES string of the molecule is COC1CCN(CCc2ccsc2)CC1CS(=O)c1ccccc1. The van der Waals surface area contributed by atoms with Crippen LogP contribution in [0.1, 0.15) is 12.0 Å². The minimum atomic E-state index is -0.957. The highest BCUT2D eigenvalue weighted by Crippen LogP contribution is 2.23. The van der Waals surface area contributed by atoms with Gasteiger partial charge in [-0.3, -0.25) is 4.21 Å². The Morgan fingerprint density at radius 3 is 2.83 bits per heavy atom. The Morgan fingerprint density at radius 1 is 1.29 bits per heavy atom. The third-order valence-corrected chi connectivity index (χ3v) is 6.98. The second kappa shape index (κ2) is 8.90. The molecule has 1 fully saturated rings. The van der Waals surface area contributed by atoms with Gasteiger partial charge in [0.05, 0.1) is 16.9 Å². The van der Waals surface area contributed by atoms with E-state index in [4.69, 9.17) is 4.74 Å². The van der Waals surface area contributed by atoms with Crippen LogP contribution < -0.4 is 0 Å². The average molecular weight is 364 g/mol. The fourth-order valence-electron chi connectivity index (χ4n) is 3.34. The molecule has 0 spiro atoms. The molecule has 3 rings (SSSR count). The number of piperidine rings is 1. The van der Waals surface area contributed by atoms with Crippen molar-refractivity contribution in [1.29, 1.82) is 0 Å². The summed E-state index contributed by atoms with van der Waals surface area (Å²) in [6.07, 6.45) is 2.34. The first-order valence-corrected chi connectivity index (χ1v) is 10.7. The van der Waals surface area contributed by atoms with Gasteiger partial charge < -0.3 is 9.64 Å². The van der Waals surface area contributed by atoms with Crippen molar-refractivity contribution in [2.24, 2.45) is 5.92 Å². The zero-order valence-corrected chi connectivity index (χ0v) is 15.7. The number of methoxy groups -OCH3 is 1. The number of thiophene rings is 1. The fourth-order valence-corrected chi connectivity index (χ4v) is 5.41. The zero-order chi connectivity index (χ0) is 16.8. The molecular formula is C19H25NO2S2. The molecule has 1 aliphatic heterocycles. The lowest BCUT2D eigenvalue weighted by Gasteiger charge is -2.37. The van der Waals surface area contributed by atoms with E-state index in [0.29, 0.717) is 11.7 Å². The summed E-state index contributed by atoms with van der Waals surface area (Å²) in [7, 11) is 0.825. The maximum Gasteiger partial charge on any atom is 0.0632 e. The number of hydrogen-bond acceptors (Lipinski definition) is 4. The Morgan fingerprint density at radius 2 is 2.12 bits per heavy atom. The van der Waals surface area contributed by atoms with Gasteiger partial charge >= 0.3 is 0 Å². The molecule has 1 saturated heterocycles. The second-order valence-electron chi connectivity index (χ2n) is 6.33. The lowest BCUT2D eigenvalue weighted by Crippen LogP contribution is -2.46. The van der Waals surface area contributed by atoms with Crippen molar-refractivity contribution in [1.82, 2.24) is 4.90 Å². The van der Waals surface area contributed by atoms with E-state index in [1.54, 1.807) is 18.4 Å². The van der Waals surface area contributed by atoms with E-state index >= 15 is 0 Å². The molecule has 1 aliphatic rings. The molecule has 5 heteroatoms. The van der Waals surface area contributed by atoms with Crippen molar-refractivity contribution in [3.63, 3.8) is 0 Å². The van der Waals surface area contributed by atoms with Gasteiger partial charge in [-0.25, -0.2) is 0 Å². The van der Waals surface area contributed by atoms with E-state index in [0.717, 1.165) is 37.4 Å². The van der Waals surface area contributed by atoms with Gasteiger partial charge in [0.1, 0.15) is 0 Å². The van der Waals surface area contributed by atoms with Gasteiger partial charge in [-0.1, -0.05) is 18.2 Å². The molecule has 0 amide bonds. The average Bonchev–Trinajstić information content (AvgIpc) is 3.14. The molecule has 3 unspecified atom stereocenters. The van der Waals surface area contributed by atoms with Gasteiger partial charge in [-0.15, -0.1) is 0 Å². The highest BCUT2D eigenvalue weighted by molar-refractivity contribution is 7.85. The number of ether oxygens (including phenoxy) is 1. The molecule has 24 heavy (non-hydrogen) atoms. The maximum absolute atomic E-state index is 12.7. The Balaban J connectivity index is 1.57. The summed E-state index contributed by atoms with van der Waals surface area (Å²) >= 11 is 1.76.